The van der Waals surface area contributed by atoms with E-state index in [0.29, 0.717) is 33.6 Å². The van der Waals surface area contributed by atoms with Crippen molar-refractivity contribution in [2.75, 3.05) is 18.9 Å². The van der Waals surface area contributed by atoms with Crippen LogP contribution in [0.3, 0.4) is 0 Å². The van der Waals surface area contributed by atoms with Crippen molar-refractivity contribution in [2.45, 2.75) is 19.5 Å². The molecular weight excluding hydrogens is 539 g/mol. The Hall–Kier alpha value is -4.91. The van der Waals surface area contributed by atoms with Crippen molar-refractivity contribution in [3.8, 4) is 0 Å². The normalized spacial score (nSPS) is 11.6. The smallest absolute Gasteiger partial charge is 0.325 e. The summed E-state index contributed by atoms with van der Waals surface area (Å²) in [5.74, 6) is -3.47. The Kier molecular flexibility index (Phi) is 8.64. The molecule has 2 heterocycles. The summed E-state index contributed by atoms with van der Waals surface area (Å²) in [6, 6.07) is 12.7. The van der Waals surface area contributed by atoms with Gasteiger partial charge in [0.1, 0.15) is 23.3 Å². The van der Waals surface area contributed by atoms with Crippen LogP contribution in [0.1, 0.15) is 44.3 Å². The fourth-order valence-corrected chi connectivity index (χ4v) is 4.79. The number of hydrogen-bond donors (Lipinski definition) is 3. The fourth-order valence-electron chi connectivity index (χ4n) is 4.03. The first-order chi connectivity index (χ1) is 19.2. The molecule has 4 rings (SSSR count). The summed E-state index contributed by atoms with van der Waals surface area (Å²) in [5, 5.41) is 3.23. The average Bonchev–Trinajstić information content (AvgIpc) is 3.33. The largest absolute Gasteiger partial charge is 0.465 e. The van der Waals surface area contributed by atoms with Gasteiger partial charge < -0.3 is 26.4 Å². The number of esters is 1. The van der Waals surface area contributed by atoms with Gasteiger partial charge in [0.15, 0.2) is 5.69 Å². The van der Waals surface area contributed by atoms with Crippen molar-refractivity contribution in [1.82, 2.24) is 19.6 Å². The number of amides is 3. The number of rotatable bonds is 10. The average molecular weight is 565 g/mol. The molecule has 0 spiro atoms. The van der Waals surface area contributed by atoms with Gasteiger partial charge in [-0.3, -0.25) is 24.2 Å². The zero-order valence-corrected chi connectivity index (χ0v) is 22.1. The topological polar surface area (TPSA) is 171 Å². The minimum absolute atomic E-state index is 0.110. The number of hydrogen-bond acceptors (Lipinski definition) is 9. The molecule has 40 heavy (non-hydrogen) atoms. The second kappa shape index (κ2) is 12.3. The molecule has 0 aliphatic heterocycles. The molecule has 2 aromatic heterocycles. The maximum atomic E-state index is 14.0. The van der Waals surface area contributed by atoms with Crippen molar-refractivity contribution in [2.24, 2.45) is 5.73 Å². The predicted molar refractivity (Wildman–Crippen MR) is 145 cm³/mol. The molecule has 2 aromatic carbocycles. The molecular formula is C27H25FN6O5S. The highest BCUT2D eigenvalue weighted by Gasteiger charge is 2.35. The van der Waals surface area contributed by atoms with E-state index in [0.717, 1.165) is 0 Å². The van der Waals surface area contributed by atoms with Crippen molar-refractivity contribution >= 4 is 51.8 Å². The van der Waals surface area contributed by atoms with Crippen LogP contribution in [-0.2, 0) is 20.9 Å². The summed E-state index contributed by atoms with van der Waals surface area (Å²) in [7, 11) is 0. The van der Waals surface area contributed by atoms with Gasteiger partial charge in [-0.15, -0.1) is 0 Å². The van der Waals surface area contributed by atoms with E-state index in [4.69, 9.17) is 16.2 Å². The first-order valence-electron chi connectivity index (χ1n) is 12.1. The van der Waals surface area contributed by atoms with E-state index >= 15 is 0 Å². The maximum Gasteiger partial charge on any atom is 0.325 e. The Balaban J connectivity index is 1.83. The quantitative estimate of drug-likeness (QED) is 0.247. The van der Waals surface area contributed by atoms with Crippen LogP contribution in [0, 0.1) is 5.82 Å². The third-order valence-corrected chi connectivity index (χ3v) is 6.75. The van der Waals surface area contributed by atoms with Crippen LogP contribution in [0.25, 0.3) is 10.9 Å². The minimum Gasteiger partial charge on any atom is -0.465 e. The Morgan fingerprint density at radius 3 is 2.55 bits per heavy atom. The number of nitrogens with two attached hydrogens (primary N) is 2. The van der Waals surface area contributed by atoms with Crippen LogP contribution in [-0.4, -0.2) is 51.1 Å². The molecule has 1 atom stereocenters. The maximum absolute atomic E-state index is 14.0. The third-order valence-electron chi connectivity index (χ3n) is 5.90. The molecule has 206 valence electrons. The number of halogens is 1. The number of carbonyl (C=O) groups excluding carboxylic acids is 4. The highest BCUT2D eigenvalue weighted by atomic mass is 32.1. The Morgan fingerprint density at radius 2 is 1.88 bits per heavy atom. The number of anilines is 1. The summed E-state index contributed by atoms with van der Waals surface area (Å²) in [4.78, 5) is 56.9. The molecule has 0 bridgehead atoms. The van der Waals surface area contributed by atoms with Gasteiger partial charge in [0.05, 0.1) is 17.8 Å². The summed E-state index contributed by atoms with van der Waals surface area (Å²) < 4.78 is 22.5. The van der Waals surface area contributed by atoms with E-state index in [2.05, 4.69) is 14.7 Å². The van der Waals surface area contributed by atoms with Gasteiger partial charge in [-0.05, 0) is 59.9 Å². The van der Waals surface area contributed by atoms with E-state index in [-0.39, 0.29) is 29.4 Å². The lowest BCUT2D eigenvalue weighted by Gasteiger charge is -2.31. The Bertz CT molecular complexity index is 1580. The standard InChI is InChI=1S/C27H25FN6O5S/c1-2-39-20(35)13-32-26(37)23(17-7-10-19-16(12-17)4-3-11-31-19)34(14-15-5-8-18(28)9-6-15)27(38)24-21(29)22(25(30)36)33-40-24/h3-12,23H,2,13-14,29H2,1H3,(H2,30,36)(H,32,37). The number of aromatic nitrogens is 2. The van der Waals surface area contributed by atoms with Gasteiger partial charge >= 0.3 is 5.97 Å². The number of nitrogens with zero attached hydrogens (tertiary/aromatic N) is 3. The molecule has 0 saturated carbocycles. The van der Waals surface area contributed by atoms with Crippen molar-refractivity contribution in [3.63, 3.8) is 0 Å². The number of benzene rings is 2. The predicted octanol–water partition coefficient (Wildman–Crippen LogP) is 2.57. The molecule has 0 aliphatic rings. The molecule has 0 fully saturated rings. The highest BCUT2D eigenvalue weighted by molar-refractivity contribution is 7.09. The van der Waals surface area contributed by atoms with E-state index < -0.39 is 42.1 Å². The van der Waals surface area contributed by atoms with Gasteiger partial charge in [-0.25, -0.2) is 4.39 Å². The summed E-state index contributed by atoms with van der Waals surface area (Å²) in [6.45, 7) is 1.16. The van der Waals surface area contributed by atoms with Gasteiger partial charge in [-0.2, -0.15) is 4.37 Å². The second-order valence-corrected chi connectivity index (χ2v) is 9.35. The molecule has 4 aromatic rings. The Labute approximate surface area is 232 Å². The molecule has 0 saturated heterocycles. The van der Waals surface area contributed by atoms with Crippen LogP contribution < -0.4 is 16.8 Å². The number of nitrogen functional groups attached to an aromatic ring is 1. The second-order valence-electron chi connectivity index (χ2n) is 8.58. The number of carbonyl (C=O) groups is 4. The van der Waals surface area contributed by atoms with Crippen molar-refractivity contribution < 1.29 is 28.3 Å². The Morgan fingerprint density at radius 1 is 1.12 bits per heavy atom. The lowest BCUT2D eigenvalue weighted by molar-refractivity contribution is -0.143. The monoisotopic (exact) mass is 564 g/mol. The lowest BCUT2D eigenvalue weighted by Crippen LogP contribution is -2.44. The lowest BCUT2D eigenvalue weighted by atomic mass is 10.00. The summed E-state index contributed by atoms with van der Waals surface area (Å²) >= 11 is 0.663. The van der Waals surface area contributed by atoms with E-state index in [9.17, 15) is 23.6 Å². The molecule has 3 amide bonds. The summed E-state index contributed by atoms with van der Waals surface area (Å²) in [6.07, 6.45) is 1.62. The van der Waals surface area contributed by atoms with Crippen molar-refractivity contribution in [1.29, 1.82) is 0 Å². The molecule has 0 aliphatic carbocycles. The molecule has 13 heteroatoms. The molecule has 11 nitrogen and oxygen atoms in total. The SMILES string of the molecule is CCOC(=O)CNC(=O)C(c1ccc2ncccc2c1)N(Cc1ccc(F)cc1)C(=O)c1snc(C(N)=O)c1N. The fraction of sp³-hybridized carbons (Fsp3) is 0.185. The van der Waals surface area contributed by atoms with Crippen molar-refractivity contribution in [3.05, 3.63) is 88.3 Å². The summed E-state index contributed by atoms with van der Waals surface area (Å²) in [5.41, 5.74) is 12.5. The van der Waals surface area contributed by atoms with Gasteiger partial charge in [0.25, 0.3) is 11.8 Å². The van der Waals surface area contributed by atoms with Crippen LogP contribution in [0.5, 0.6) is 0 Å². The van der Waals surface area contributed by atoms with Gasteiger partial charge in [0, 0.05) is 18.1 Å². The first kappa shape index (κ1) is 28.1. The van der Waals surface area contributed by atoms with Gasteiger partial charge in [-0.1, -0.05) is 24.3 Å². The number of fused-ring (bicyclic) bond motifs is 1. The number of pyridine rings is 1. The molecule has 5 N–H and O–H groups in total. The van der Waals surface area contributed by atoms with Crippen LogP contribution >= 0.6 is 11.5 Å². The number of ether oxygens (including phenoxy) is 1. The van der Waals surface area contributed by atoms with Crippen LogP contribution in [0.4, 0.5) is 10.1 Å². The van der Waals surface area contributed by atoms with E-state index in [1.165, 1.54) is 29.2 Å². The number of nitrogens with one attached hydrogen (secondary N) is 1. The van der Waals surface area contributed by atoms with E-state index in [1.54, 1.807) is 43.5 Å². The zero-order valence-electron chi connectivity index (χ0n) is 21.3. The molecule has 0 radical (unpaired) electrons. The van der Waals surface area contributed by atoms with E-state index in [1.807, 2.05) is 0 Å². The minimum atomic E-state index is -1.30. The third kappa shape index (κ3) is 6.21. The van der Waals surface area contributed by atoms with Crippen LogP contribution in [0.15, 0.2) is 60.8 Å². The first-order valence-corrected chi connectivity index (χ1v) is 12.8. The zero-order chi connectivity index (χ0) is 28.8. The highest BCUT2D eigenvalue weighted by Crippen LogP contribution is 2.31. The van der Waals surface area contributed by atoms with Gasteiger partial charge in [0.2, 0.25) is 5.91 Å². The van der Waals surface area contributed by atoms with Crippen LogP contribution in [0.2, 0.25) is 0 Å². The number of primary amides is 1. The molecule has 1 unspecified atom stereocenters.